The minimum atomic E-state index is 0.178. The molecule has 0 aromatic carbocycles. The molecular weight excluding hydrogens is 282 g/mol. The van der Waals surface area contributed by atoms with Gasteiger partial charge in [-0.05, 0) is 18.4 Å². The van der Waals surface area contributed by atoms with Crippen molar-refractivity contribution in [2.45, 2.75) is 5.37 Å². The molecule has 6 heteroatoms. The van der Waals surface area contributed by atoms with Crippen LogP contribution in [0.2, 0.25) is 4.34 Å². The molecule has 0 aliphatic carbocycles. The van der Waals surface area contributed by atoms with Gasteiger partial charge >= 0.3 is 0 Å². The van der Waals surface area contributed by atoms with E-state index in [4.69, 9.17) is 11.6 Å². The lowest BCUT2D eigenvalue weighted by Gasteiger charge is -2.22. The van der Waals surface area contributed by atoms with E-state index < -0.39 is 0 Å². The zero-order valence-corrected chi connectivity index (χ0v) is 12.0. The topological polar surface area (TPSA) is 20.3 Å². The van der Waals surface area contributed by atoms with Gasteiger partial charge in [0.15, 0.2) is 0 Å². The molecule has 1 fully saturated rings. The maximum absolute atomic E-state index is 11.7. The van der Waals surface area contributed by atoms with Crippen molar-refractivity contribution in [1.82, 2.24) is 4.90 Å². The standard InChI is InChI=1S/C10H12ClNOS3/c1-14-5-4-12-9(13)6-15-10(12)7-2-3-8(11)16-7/h2-3,10H,4-6H2,1H3. The van der Waals surface area contributed by atoms with Crippen molar-refractivity contribution in [3.05, 3.63) is 21.3 Å². The van der Waals surface area contributed by atoms with Crippen molar-refractivity contribution < 1.29 is 4.79 Å². The van der Waals surface area contributed by atoms with Crippen LogP contribution in [0.25, 0.3) is 0 Å². The Morgan fingerprint density at radius 3 is 3.06 bits per heavy atom. The van der Waals surface area contributed by atoms with E-state index in [1.54, 1.807) is 34.9 Å². The Balaban J connectivity index is 2.11. The fraction of sp³-hybridized carbons (Fsp3) is 0.500. The normalized spacial score (nSPS) is 20.8. The van der Waals surface area contributed by atoms with Gasteiger partial charge in [0.05, 0.1) is 10.1 Å². The monoisotopic (exact) mass is 293 g/mol. The van der Waals surface area contributed by atoms with E-state index in [0.29, 0.717) is 5.75 Å². The smallest absolute Gasteiger partial charge is 0.233 e. The molecule has 1 aliphatic rings. The summed E-state index contributed by atoms with van der Waals surface area (Å²) in [5, 5.41) is 0.178. The van der Waals surface area contributed by atoms with Crippen molar-refractivity contribution in [2.24, 2.45) is 0 Å². The summed E-state index contributed by atoms with van der Waals surface area (Å²) < 4.78 is 0.791. The van der Waals surface area contributed by atoms with Crippen molar-refractivity contribution in [1.29, 1.82) is 0 Å². The van der Waals surface area contributed by atoms with Crippen LogP contribution in [-0.4, -0.2) is 35.1 Å². The summed E-state index contributed by atoms with van der Waals surface area (Å²) in [6.07, 6.45) is 2.06. The van der Waals surface area contributed by atoms with Gasteiger partial charge in [-0.1, -0.05) is 11.6 Å². The fourth-order valence-corrected chi connectivity index (χ4v) is 4.48. The number of rotatable bonds is 4. The predicted octanol–water partition coefficient (Wildman–Crippen LogP) is 3.34. The van der Waals surface area contributed by atoms with Gasteiger partial charge in [0, 0.05) is 17.2 Å². The molecule has 1 aliphatic heterocycles. The zero-order valence-electron chi connectivity index (χ0n) is 8.81. The molecule has 1 aromatic heterocycles. The highest BCUT2D eigenvalue weighted by molar-refractivity contribution is 8.00. The molecule has 0 N–H and O–H groups in total. The van der Waals surface area contributed by atoms with Crippen LogP contribution >= 0.6 is 46.5 Å². The lowest BCUT2D eigenvalue weighted by Crippen LogP contribution is -2.30. The third kappa shape index (κ3) is 2.70. The minimum Gasteiger partial charge on any atom is -0.324 e. The number of thiophene rings is 1. The maximum atomic E-state index is 11.7. The van der Waals surface area contributed by atoms with Gasteiger partial charge < -0.3 is 4.90 Å². The molecule has 1 unspecified atom stereocenters. The largest absolute Gasteiger partial charge is 0.324 e. The van der Waals surface area contributed by atoms with Crippen molar-refractivity contribution in [3.8, 4) is 0 Å². The van der Waals surface area contributed by atoms with E-state index in [1.165, 1.54) is 4.88 Å². The first kappa shape index (κ1) is 12.6. The van der Waals surface area contributed by atoms with Gasteiger partial charge in [-0.25, -0.2) is 0 Å². The number of carbonyl (C=O) groups is 1. The number of hydrogen-bond donors (Lipinski definition) is 0. The van der Waals surface area contributed by atoms with E-state index in [-0.39, 0.29) is 11.3 Å². The summed E-state index contributed by atoms with van der Waals surface area (Å²) in [5.41, 5.74) is 0. The minimum absolute atomic E-state index is 0.178. The lowest BCUT2D eigenvalue weighted by molar-refractivity contribution is -0.127. The Bertz CT molecular complexity index is 382. The first-order valence-electron chi connectivity index (χ1n) is 4.87. The number of hydrogen-bond acceptors (Lipinski definition) is 4. The molecule has 1 aromatic rings. The lowest BCUT2D eigenvalue weighted by atomic mass is 10.4. The van der Waals surface area contributed by atoms with E-state index >= 15 is 0 Å². The molecule has 88 valence electrons. The fourth-order valence-electron chi connectivity index (χ4n) is 1.58. The highest BCUT2D eigenvalue weighted by Crippen LogP contribution is 2.42. The van der Waals surface area contributed by atoms with Crippen LogP contribution in [0.4, 0.5) is 0 Å². The molecule has 1 amide bonds. The van der Waals surface area contributed by atoms with Gasteiger partial charge in [0.1, 0.15) is 5.37 Å². The van der Waals surface area contributed by atoms with Crippen LogP contribution in [0.3, 0.4) is 0 Å². The first-order chi connectivity index (χ1) is 7.72. The average Bonchev–Trinajstić information content (AvgIpc) is 2.82. The number of amides is 1. The van der Waals surface area contributed by atoms with Crippen molar-refractivity contribution in [2.75, 3.05) is 24.3 Å². The summed E-state index contributed by atoms with van der Waals surface area (Å²) in [5.74, 6) is 1.82. The Labute approximate surface area is 113 Å². The molecule has 2 heterocycles. The van der Waals surface area contributed by atoms with Crippen LogP contribution in [-0.2, 0) is 4.79 Å². The highest BCUT2D eigenvalue weighted by atomic mass is 35.5. The molecule has 0 radical (unpaired) electrons. The number of nitrogens with zero attached hydrogens (tertiary/aromatic N) is 1. The predicted molar refractivity (Wildman–Crippen MR) is 74.6 cm³/mol. The summed E-state index contributed by atoms with van der Waals surface area (Å²) in [6, 6.07) is 3.92. The number of thioether (sulfide) groups is 2. The second-order valence-electron chi connectivity index (χ2n) is 3.39. The van der Waals surface area contributed by atoms with Gasteiger partial charge in [-0.15, -0.1) is 23.1 Å². The Morgan fingerprint density at radius 1 is 1.62 bits per heavy atom. The average molecular weight is 294 g/mol. The van der Waals surface area contributed by atoms with Gasteiger partial charge in [-0.2, -0.15) is 11.8 Å². The zero-order chi connectivity index (χ0) is 11.5. The van der Waals surface area contributed by atoms with Crippen LogP contribution in [0, 0.1) is 0 Å². The Hall–Kier alpha value is 0.160. The third-order valence-corrected chi connectivity index (χ3v) is 5.60. The SMILES string of the molecule is CSCCN1C(=O)CSC1c1ccc(Cl)s1. The first-order valence-corrected chi connectivity index (χ1v) is 8.51. The molecular formula is C10H12ClNOS3. The molecule has 1 saturated heterocycles. The van der Waals surface area contributed by atoms with E-state index in [0.717, 1.165) is 16.6 Å². The summed E-state index contributed by atoms with van der Waals surface area (Å²) >= 11 is 11.0. The van der Waals surface area contributed by atoms with Crippen LogP contribution in [0.5, 0.6) is 0 Å². The molecule has 0 bridgehead atoms. The number of carbonyl (C=O) groups excluding carboxylic acids is 1. The van der Waals surface area contributed by atoms with Gasteiger partial charge in [0.2, 0.25) is 5.91 Å². The summed E-state index contributed by atoms with van der Waals surface area (Å²) in [7, 11) is 0. The number of halogens is 1. The third-order valence-electron chi connectivity index (χ3n) is 2.34. The molecule has 2 nitrogen and oxygen atoms in total. The molecule has 16 heavy (non-hydrogen) atoms. The Morgan fingerprint density at radius 2 is 2.44 bits per heavy atom. The van der Waals surface area contributed by atoms with Crippen LogP contribution in [0.1, 0.15) is 10.3 Å². The summed E-state index contributed by atoms with van der Waals surface area (Å²) in [4.78, 5) is 14.9. The van der Waals surface area contributed by atoms with Crippen molar-refractivity contribution >= 4 is 52.4 Å². The molecule has 2 rings (SSSR count). The molecule has 0 saturated carbocycles. The maximum Gasteiger partial charge on any atom is 0.233 e. The molecule has 0 spiro atoms. The quantitative estimate of drug-likeness (QED) is 0.849. The molecule has 1 atom stereocenters. The van der Waals surface area contributed by atoms with Crippen LogP contribution in [0.15, 0.2) is 12.1 Å². The van der Waals surface area contributed by atoms with E-state index in [1.807, 2.05) is 17.0 Å². The van der Waals surface area contributed by atoms with E-state index in [2.05, 4.69) is 6.26 Å². The Kier molecular flexibility index (Phi) is 4.47. The highest BCUT2D eigenvalue weighted by Gasteiger charge is 2.33. The van der Waals surface area contributed by atoms with Crippen LogP contribution < -0.4 is 0 Å². The second kappa shape index (κ2) is 5.67. The van der Waals surface area contributed by atoms with E-state index in [9.17, 15) is 4.79 Å². The van der Waals surface area contributed by atoms with Gasteiger partial charge in [0.25, 0.3) is 0 Å². The van der Waals surface area contributed by atoms with Crippen molar-refractivity contribution in [3.63, 3.8) is 0 Å². The van der Waals surface area contributed by atoms with Gasteiger partial charge in [-0.3, -0.25) is 4.79 Å². The second-order valence-corrected chi connectivity index (χ2v) is 7.19. The summed E-state index contributed by atoms with van der Waals surface area (Å²) in [6.45, 7) is 0.827.